The summed E-state index contributed by atoms with van der Waals surface area (Å²) in [6.07, 6.45) is 0. The summed E-state index contributed by atoms with van der Waals surface area (Å²) >= 11 is 0. The molecular weight excluding hydrogens is 368 g/mol. The Labute approximate surface area is 169 Å². The molecule has 5 rings (SSSR count). The third kappa shape index (κ3) is 4.23. The Morgan fingerprint density at radius 2 is 1.52 bits per heavy atom. The van der Waals surface area contributed by atoms with E-state index in [2.05, 4.69) is 55.7 Å². The molecule has 150 valence electrons. The summed E-state index contributed by atoms with van der Waals surface area (Å²) in [7, 11) is 0. The SMILES string of the molecule is c1ccc(CN2CCN(Cc3nnnn3Cc3ccc4c(c3)OCO4)CC2)cc1. The average molecular weight is 392 g/mol. The van der Waals surface area contributed by atoms with E-state index in [0.717, 1.165) is 62.2 Å². The normalized spacial score (nSPS) is 17.0. The lowest BCUT2D eigenvalue weighted by molar-refractivity contribution is 0.118. The van der Waals surface area contributed by atoms with E-state index in [1.54, 1.807) is 0 Å². The van der Waals surface area contributed by atoms with Gasteiger partial charge in [0.15, 0.2) is 17.3 Å². The van der Waals surface area contributed by atoms with Gasteiger partial charge in [-0.15, -0.1) is 5.10 Å². The van der Waals surface area contributed by atoms with E-state index < -0.39 is 0 Å². The number of fused-ring (bicyclic) bond motifs is 1. The molecule has 0 radical (unpaired) electrons. The number of ether oxygens (including phenoxy) is 2. The van der Waals surface area contributed by atoms with Gasteiger partial charge < -0.3 is 9.47 Å². The molecule has 0 saturated carbocycles. The van der Waals surface area contributed by atoms with Crippen LogP contribution in [0.2, 0.25) is 0 Å². The predicted molar refractivity (Wildman–Crippen MR) is 106 cm³/mol. The Hall–Kier alpha value is -2.97. The number of benzene rings is 2. The number of hydrogen-bond acceptors (Lipinski definition) is 7. The molecule has 0 spiro atoms. The van der Waals surface area contributed by atoms with Gasteiger partial charge in [-0.1, -0.05) is 36.4 Å². The number of tetrazole rings is 1. The monoisotopic (exact) mass is 392 g/mol. The molecule has 1 saturated heterocycles. The summed E-state index contributed by atoms with van der Waals surface area (Å²) in [6.45, 7) is 6.82. The van der Waals surface area contributed by atoms with Crippen LogP contribution in [0.1, 0.15) is 17.0 Å². The number of hydrogen-bond donors (Lipinski definition) is 0. The standard InChI is InChI=1S/C21H24N6O2/c1-2-4-17(5-3-1)13-25-8-10-26(11-9-25)15-21-22-23-24-27(21)14-18-6-7-19-20(12-18)29-16-28-19/h1-7,12H,8-11,13-16H2. The van der Waals surface area contributed by atoms with Crippen molar-refractivity contribution >= 4 is 0 Å². The first-order valence-electron chi connectivity index (χ1n) is 9.96. The van der Waals surface area contributed by atoms with Crippen molar-refractivity contribution in [1.29, 1.82) is 0 Å². The second-order valence-corrected chi connectivity index (χ2v) is 7.48. The summed E-state index contributed by atoms with van der Waals surface area (Å²) < 4.78 is 12.7. The van der Waals surface area contributed by atoms with Gasteiger partial charge in [-0.3, -0.25) is 9.80 Å². The maximum absolute atomic E-state index is 5.47. The van der Waals surface area contributed by atoms with Crippen molar-refractivity contribution in [2.45, 2.75) is 19.6 Å². The van der Waals surface area contributed by atoms with Crippen molar-refractivity contribution in [3.05, 3.63) is 65.5 Å². The molecule has 3 aromatic rings. The molecule has 0 atom stereocenters. The van der Waals surface area contributed by atoms with Gasteiger partial charge >= 0.3 is 0 Å². The van der Waals surface area contributed by atoms with E-state index in [1.165, 1.54) is 5.56 Å². The van der Waals surface area contributed by atoms with Crippen molar-refractivity contribution < 1.29 is 9.47 Å². The summed E-state index contributed by atoms with van der Waals surface area (Å²) in [5, 5.41) is 12.3. The van der Waals surface area contributed by atoms with Crippen LogP contribution in [0.4, 0.5) is 0 Å². The van der Waals surface area contributed by atoms with Gasteiger partial charge in [0.1, 0.15) is 0 Å². The second kappa shape index (κ2) is 8.18. The van der Waals surface area contributed by atoms with Gasteiger partial charge in [0.2, 0.25) is 6.79 Å². The first-order valence-corrected chi connectivity index (χ1v) is 9.96. The number of rotatable bonds is 6. The fourth-order valence-corrected chi connectivity index (χ4v) is 3.82. The minimum Gasteiger partial charge on any atom is -0.454 e. The molecule has 8 nitrogen and oxygen atoms in total. The number of aromatic nitrogens is 4. The van der Waals surface area contributed by atoms with E-state index in [9.17, 15) is 0 Å². The Morgan fingerprint density at radius 1 is 0.759 bits per heavy atom. The second-order valence-electron chi connectivity index (χ2n) is 7.48. The third-order valence-electron chi connectivity index (χ3n) is 5.45. The summed E-state index contributed by atoms with van der Waals surface area (Å²) in [4.78, 5) is 4.92. The molecule has 29 heavy (non-hydrogen) atoms. The van der Waals surface area contributed by atoms with E-state index in [1.807, 2.05) is 22.9 Å². The molecule has 1 fully saturated rings. The summed E-state index contributed by atoms with van der Waals surface area (Å²) in [5.74, 6) is 2.46. The van der Waals surface area contributed by atoms with Crippen LogP contribution >= 0.6 is 0 Å². The van der Waals surface area contributed by atoms with Crippen LogP contribution in [0.5, 0.6) is 11.5 Å². The highest BCUT2D eigenvalue weighted by Crippen LogP contribution is 2.32. The minimum atomic E-state index is 0.283. The fourth-order valence-electron chi connectivity index (χ4n) is 3.82. The molecule has 0 bridgehead atoms. The highest BCUT2D eigenvalue weighted by molar-refractivity contribution is 5.44. The first-order chi connectivity index (χ1) is 14.3. The van der Waals surface area contributed by atoms with Crippen LogP contribution in [-0.2, 0) is 19.6 Å². The van der Waals surface area contributed by atoms with Crippen molar-refractivity contribution in [3.8, 4) is 11.5 Å². The van der Waals surface area contributed by atoms with Crippen molar-refractivity contribution in [2.75, 3.05) is 33.0 Å². The molecule has 2 aromatic carbocycles. The van der Waals surface area contributed by atoms with E-state index in [0.29, 0.717) is 6.54 Å². The molecule has 3 heterocycles. The maximum atomic E-state index is 5.47. The molecule has 0 unspecified atom stereocenters. The van der Waals surface area contributed by atoms with Crippen molar-refractivity contribution in [3.63, 3.8) is 0 Å². The van der Waals surface area contributed by atoms with Gasteiger partial charge in [0.05, 0.1) is 13.1 Å². The van der Waals surface area contributed by atoms with Crippen LogP contribution in [0, 0.1) is 0 Å². The van der Waals surface area contributed by atoms with Crippen LogP contribution < -0.4 is 9.47 Å². The van der Waals surface area contributed by atoms with E-state index in [-0.39, 0.29) is 6.79 Å². The van der Waals surface area contributed by atoms with E-state index in [4.69, 9.17) is 9.47 Å². The zero-order chi connectivity index (χ0) is 19.5. The molecule has 0 N–H and O–H groups in total. The molecule has 1 aromatic heterocycles. The number of piperazine rings is 1. The highest BCUT2D eigenvalue weighted by atomic mass is 16.7. The molecule has 0 aliphatic carbocycles. The van der Waals surface area contributed by atoms with Gasteiger partial charge in [-0.05, 0) is 33.7 Å². The zero-order valence-electron chi connectivity index (χ0n) is 16.3. The van der Waals surface area contributed by atoms with Crippen LogP contribution in [0.3, 0.4) is 0 Å². The zero-order valence-corrected chi connectivity index (χ0v) is 16.3. The van der Waals surface area contributed by atoms with Crippen LogP contribution in [-0.4, -0.2) is 63.0 Å². The number of nitrogens with zero attached hydrogens (tertiary/aromatic N) is 6. The van der Waals surface area contributed by atoms with Gasteiger partial charge in [0.25, 0.3) is 0 Å². The lowest BCUT2D eigenvalue weighted by atomic mass is 10.2. The molecule has 0 amide bonds. The van der Waals surface area contributed by atoms with Crippen molar-refractivity contribution in [2.24, 2.45) is 0 Å². The summed E-state index contributed by atoms with van der Waals surface area (Å²) in [5.41, 5.74) is 2.46. The van der Waals surface area contributed by atoms with Gasteiger partial charge in [-0.2, -0.15) is 0 Å². The third-order valence-corrected chi connectivity index (χ3v) is 5.45. The maximum Gasteiger partial charge on any atom is 0.231 e. The first kappa shape index (κ1) is 18.1. The smallest absolute Gasteiger partial charge is 0.231 e. The van der Waals surface area contributed by atoms with Crippen LogP contribution in [0.25, 0.3) is 0 Å². The fraction of sp³-hybridized carbons (Fsp3) is 0.381. The van der Waals surface area contributed by atoms with E-state index >= 15 is 0 Å². The minimum absolute atomic E-state index is 0.283. The van der Waals surface area contributed by atoms with Crippen LogP contribution in [0.15, 0.2) is 48.5 Å². The molecule has 2 aliphatic heterocycles. The topological polar surface area (TPSA) is 68.5 Å². The summed E-state index contributed by atoms with van der Waals surface area (Å²) in [6, 6.07) is 16.6. The molecule has 2 aliphatic rings. The highest BCUT2D eigenvalue weighted by Gasteiger charge is 2.20. The van der Waals surface area contributed by atoms with Crippen molar-refractivity contribution in [1.82, 2.24) is 30.0 Å². The Balaban J connectivity index is 1.17. The van der Waals surface area contributed by atoms with Gasteiger partial charge in [-0.25, -0.2) is 4.68 Å². The predicted octanol–water partition coefficient (Wildman–Crippen LogP) is 1.77. The molecule has 8 heteroatoms. The Morgan fingerprint density at radius 3 is 2.34 bits per heavy atom. The lowest BCUT2D eigenvalue weighted by Gasteiger charge is -2.34. The quantitative estimate of drug-likeness (QED) is 0.633. The largest absolute Gasteiger partial charge is 0.454 e. The Kier molecular flexibility index (Phi) is 5.10. The Bertz CT molecular complexity index is 953. The average Bonchev–Trinajstić information content (AvgIpc) is 3.39. The van der Waals surface area contributed by atoms with Gasteiger partial charge in [0, 0.05) is 32.7 Å². The lowest BCUT2D eigenvalue weighted by Crippen LogP contribution is -2.45. The molecular formula is C21H24N6O2.